The Bertz CT molecular complexity index is 2060. The summed E-state index contributed by atoms with van der Waals surface area (Å²) in [7, 11) is 0. The lowest BCUT2D eigenvalue weighted by Crippen LogP contribution is -2.20. The van der Waals surface area contributed by atoms with Crippen molar-refractivity contribution in [1.82, 2.24) is 4.98 Å². The summed E-state index contributed by atoms with van der Waals surface area (Å²) in [4.78, 5) is 4.53. The number of fused-ring (bicyclic) bond motifs is 3. The van der Waals surface area contributed by atoms with E-state index in [1.807, 2.05) is 24.3 Å². The summed E-state index contributed by atoms with van der Waals surface area (Å²) in [5.74, 6) is -1.04. The molecular formula is C34H32N2S. The molecule has 3 aromatic carbocycles. The fraction of sp³-hybridized carbons (Fsp3) is 0.294. The van der Waals surface area contributed by atoms with E-state index in [-0.39, 0.29) is 45.3 Å². The summed E-state index contributed by atoms with van der Waals surface area (Å²) in [5, 5.41) is 11.1. The van der Waals surface area contributed by atoms with Crippen molar-refractivity contribution in [3.05, 3.63) is 89.1 Å². The normalized spacial score (nSPS) is 20.8. The van der Waals surface area contributed by atoms with Crippen LogP contribution in [-0.2, 0) is 0 Å². The SMILES string of the molecule is [2H]c1cc(C2([2H])CCC(C)(C)CC2)cc(C([2H])([2H])[2H])c1-c1cc(-c2cccc3c2sc2c([2H])c(C#N)ccc23)ncc1C([2H])([2H])[2H]. The second-order valence-corrected chi connectivity index (χ2v) is 11.6. The number of hydrogen-bond acceptors (Lipinski definition) is 3. The van der Waals surface area contributed by atoms with Crippen molar-refractivity contribution in [3.8, 4) is 28.5 Å². The molecule has 184 valence electrons. The average molecular weight is 510 g/mol. The summed E-state index contributed by atoms with van der Waals surface area (Å²) in [6.07, 6.45) is 3.91. The van der Waals surface area contributed by atoms with Gasteiger partial charge in [-0.2, -0.15) is 5.26 Å². The van der Waals surface area contributed by atoms with Crippen molar-refractivity contribution in [2.24, 2.45) is 5.41 Å². The summed E-state index contributed by atoms with van der Waals surface area (Å²) in [6, 6.07) is 15.6. The number of pyridine rings is 1. The van der Waals surface area contributed by atoms with Crippen LogP contribution >= 0.6 is 11.3 Å². The van der Waals surface area contributed by atoms with E-state index in [0.29, 0.717) is 34.4 Å². The van der Waals surface area contributed by atoms with Gasteiger partial charge in [0.25, 0.3) is 0 Å². The standard InChI is InChI=1S/C34H32N2S/c1-21-16-25(24-12-14-34(3,4)15-13-24)9-11-26(21)30-18-31(36-20-22(30)2)29-7-5-6-28-27-10-8-23(19-35)17-32(27)37-33(28)29/h5-11,16-18,20,24H,12-15H2,1-4H3/i1D3,2D3,11D,17D,24D. The molecule has 0 spiro atoms. The van der Waals surface area contributed by atoms with E-state index in [9.17, 15) is 6.63 Å². The molecule has 1 fully saturated rings. The zero-order valence-corrected chi connectivity index (χ0v) is 21.6. The Hall–Kier alpha value is -3.48. The zero-order valence-electron chi connectivity index (χ0n) is 29.8. The van der Waals surface area contributed by atoms with E-state index >= 15 is 0 Å². The van der Waals surface area contributed by atoms with Gasteiger partial charge in [0.1, 0.15) is 0 Å². The quantitative estimate of drug-likeness (QED) is 0.243. The molecule has 0 saturated heterocycles. The van der Waals surface area contributed by atoms with Crippen LogP contribution in [0.25, 0.3) is 42.6 Å². The predicted molar refractivity (Wildman–Crippen MR) is 157 cm³/mol. The number of rotatable bonds is 3. The van der Waals surface area contributed by atoms with Gasteiger partial charge in [0.05, 0.1) is 20.1 Å². The number of nitrogens with zero attached hydrogens (tertiary/aromatic N) is 2. The first-order valence-electron chi connectivity index (χ1n) is 17.0. The molecular weight excluding hydrogens is 468 g/mol. The number of hydrogen-bond donors (Lipinski definition) is 0. The van der Waals surface area contributed by atoms with Gasteiger partial charge in [0.2, 0.25) is 0 Å². The van der Waals surface area contributed by atoms with E-state index in [1.165, 1.54) is 29.7 Å². The molecule has 5 aromatic rings. The molecule has 0 amide bonds. The first-order valence-corrected chi connectivity index (χ1v) is 13.3. The Morgan fingerprint density at radius 3 is 2.65 bits per heavy atom. The van der Waals surface area contributed by atoms with Crippen LogP contribution in [0.1, 0.15) is 80.0 Å². The fourth-order valence-corrected chi connectivity index (χ4v) is 6.47. The van der Waals surface area contributed by atoms with Gasteiger partial charge in [-0.15, -0.1) is 11.3 Å². The Morgan fingerprint density at radius 1 is 1.03 bits per heavy atom. The van der Waals surface area contributed by atoms with E-state index in [2.05, 4.69) is 24.9 Å². The highest BCUT2D eigenvalue weighted by Crippen LogP contribution is 2.44. The van der Waals surface area contributed by atoms with Crippen LogP contribution in [0.3, 0.4) is 0 Å². The summed E-state index contributed by atoms with van der Waals surface area (Å²) >= 11 is 1.34. The highest BCUT2D eigenvalue weighted by atomic mass is 32.1. The van der Waals surface area contributed by atoms with Gasteiger partial charge in [-0.25, -0.2) is 0 Å². The average Bonchev–Trinajstić information content (AvgIpc) is 3.37. The third-order valence-corrected chi connectivity index (χ3v) is 8.72. The third-order valence-electron chi connectivity index (χ3n) is 7.55. The fourth-order valence-electron chi connectivity index (χ4n) is 5.25. The Labute approximate surface area is 236 Å². The van der Waals surface area contributed by atoms with Crippen LogP contribution in [-0.4, -0.2) is 4.98 Å². The highest BCUT2D eigenvalue weighted by molar-refractivity contribution is 7.26. The second kappa shape index (κ2) is 9.12. The molecule has 1 saturated carbocycles. The number of aromatic nitrogens is 1. The number of benzene rings is 3. The monoisotopic (exact) mass is 509 g/mol. The minimum Gasteiger partial charge on any atom is -0.256 e. The van der Waals surface area contributed by atoms with Gasteiger partial charge < -0.3 is 0 Å². The molecule has 1 aliphatic rings. The maximum atomic E-state index is 9.46. The van der Waals surface area contributed by atoms with Gasteiger partial charge in [-0.3, -0.25) is 4.98 Å². The summed E-state index contributed by atoms with van der Waals surface area (Å²) in [5.41, 5.74) is 1.61. The molecule has 0 aliphatic heterocycles. The first kappa shape index (κ1) is 15.7. The summed E-state index contributed by atoms with van der Waals surface area (Å²) in [6.45, 7) is -1.02. The lowest BCUT2D eigenvalue weighted by atomic mass is 9.71. The van der Waals surface area contributed by atoms with Crippen LogP contribution < -0.4 is 0 Å². The molecule has 37 heavy (non-hydrogen) atoms. The van der Waals surface area contributed by atoms with Crippen molar-refractivity contribution >= 4 is 31.5 Å². The molecule has 2 heterocycles. The predicted octanol–water partition coefficient (Wildman–Crippen LogP) is 9.96. The summed E-state index contributed by atoms with van der Waals surface area (Å²) < 4.78 is 78.6. The molecule has 1 aliphatic carbocycles. The molecule has 0 radical (unpaired) electrons. The molecule has 2 aromatic heterocycles. The van der Waals surface area contributed by atoms with Gasteiger partial charge in [0, 0.05) is 41.5 Å². The van der Waals surface area contributed by atoms with Crippen LogP contribution in [0, 0.1) is 30.4 Å². The molecule has 2 nitrogen and oxygen atoms in total. The van der Waals surface area contributed by atoms with Gasteiger partial charge in [-0.05, 0) is 96.7 Å². The van der Waals surface area contributed by atoms with Crippen molar-refractivity contribution < 1.29 is 12.3 Å². The van der Waals surface area contributed by atoms with E-state index in [1.54, 1.807) is 12.1 Å². The molecule has 3 heteroatoms. The van der Waals surface area contributed by atoms with Crippen LogP contribution in [0.5, 0.6) is 0 Å². The number of aryl methyl sites for hydroxylation is 2. The van der Waals surface area contributed by atoms with E-state index in [4.69, 9.17) is 11.0 Å². The highest BCUT2D eigenvalue weighted by Gasteiger charge is 2.27. The van der Waals surface area contributed by atoms with Crippen LogP contribution in [0.4, 0.5) is 0 Å². The van der Waals surface area contributed by atoms with Gasteiger partial charge in [0.15, 0.2) is 0 Å². The van der Waals surface area contributed by atoms with Crippen molar-refractivity contribution in [2.45, 2.75) is 59.1 Å². The molecule has 6 rings (SSSR count). The Balaban J connectivity index is 1.59. The zero-order chi connectivity index (χ0) is 33.4. The topological polar surface area (TPSA) is 36.7 Å². The van der Waals surface area contributed by atoms with Gasteiger partial charge in [-0.1, -0.05) is 56.3 Å². The maximum Gasteiger partial charge on any atom is 0.0992 e. The molecule has 0 bridgehead atoms. The Kier molecular flexibility index (Phi) is 3.87. The van der Waals surface area contributed by atoms with Crippen LogP contribution in [0.15, 0.2) is 66.8 Å². The maximum absolute atomic E-state index is 9.46. The number of thiophene rings is 1. The van der Waals surface area contributed by atoms with E-state index < -0.39 is 19.6 Å². The minimum atomic E-state index is -2.69. The Morgan fingerprint density at radius 2 is 1.86 bits per heavy atom. The molecule has 0 atom stereocenters. The van der Waals surface area contributed by atoms with E-state index in [0.717, 1.165) is 28.3 Å². The van der Waals surface area contributed by atoms with Crippen LogP contribution in [0.2, 0.25) is 0 Å². The first-order chi connectivity index (χ1) is 21.4. The van der Waals surface area contributed by atoms with Crippen molar-refractivity contribution in [1.29, 1.82) is 5.26 Å². The number of nitriles is 1. The lowest BCUT2D eigenvalue weighted by molar-refractivity contribution is 0.224. The smallest absolute Gasteiger partial charge is 0.0992 e. The second-order valence-electron chi connectivity index (χ2n) is 10.6. The van der Waals surface area contributed by atoms with Crippen molar-refractivity contribution in [2.75, 3.05) is 0 Å². The largest absolute Gasteiger partial charge is 0.256 e. The third kappa shape index (κ3) is 4.34. The molecule has 0 unspecified atom stereocenters. The lowest BCUT2D eigenvalue weighted by Gasteiger charge is -2.34. The minimum absolute atomic E-state index is 0.00566. The molecule has 0 N–H and O–H groups in total. The van der Waals surface area contributed by atoms with Crippen molar-refractivity contribution in [3.63, 3.8) is 0 Å². The van der Waals surface area contributed by atoms with Gasteiger partial charge >= 0.3 is 0 Å².